The number of imide groups is 1. The number of rotatable bonds is 1. The fourth-order valence-electron chi connectivity index (χ4n) is 1.84. The average Bonchev–Trinajstić information content (AvgIpc) is 2.74. The van der Waals surface area contributed by atoms with Gasteiger partial charge in [-0.15, -0.1) is 0 Å². The topological polar surface area (TPSA) is 64.0 Å². The molecule has 0 saturated carbocycles. The number of carbonyl (C=O) groups excluding carboxylic acids is 2. The number of benzene rings is 1. The average molecular weight is 227 g/mol. The van der Waals surface area contributed by atoms with Crippen LogP contribution < -0.4 is 5.32 Å². The standard InChI is InChI=1S/C12H9N3O2/c16-11-7-15-10(12(17)13-11)6-9(14-15)8-4-2-1-3-5-8/h1-6H,7H2,(H,13,16,17). The highest BCUT2D eigenvalue weighted by atomic mass is 16.2. The molecule has 1 aliphatic rings. The van der Waals surface area contributed by atoms with Crippen LogP contribution in [-0.4, -0.2) is 21.6 Å². The van der Waals surface area contributed by atoms with E-state index >= 15 is 0 Å². The van der Waals surface area contributed by atoms with E-state index in [0.717, 1.165) is 5.56 Å². The van der Waals surface area contributed by atoms with Crippen LogP contribution in [0.25, 0.3) is 11.3 Å². The highest BCUT2D eigenvalue weighted by Crippen LogP contribution is 2.19. The highest BCUT2D eigenvalue weighted by molar-refractivity contribution is 6.06. The summed E-state index contributed by atoms with van der Waals surface area (Å²) in [7, 11) is 0. The third-order valence-corrected chi connectivity index (χ3v) is 2.63. The molecule has 0 radical (unpaired) electrons. The number of amides is 2. The quantitative estimate of drug-likeness (QED) is 0.733. The van der Waals surface area contributed by atoms with Crippen molar-refractivity contribution >= 4 is 11.8 Å². The Bertz CT molecular complexity index is 601. The van der Waals surface area contributed by atoms with Crippen molar-refractivity contribution in [2.75, 3.05) is 0 Å². The molecule has 17 heavy (non-hydrogen) atoms. The molecular formula is C12H9N3O2. The van der Waals surface area contributed by atoms with Gasteiger partial charge >= 0.3 is 0 Å². The fraction of sp³-hybridized carbons (Fsp3) is 0.0833. The van der Waals surface area contributed by atoms with Gasteiger partial charge in [-0.1, -0.05) is 30.3 Å². The zero-order chi connectivity index (χ0) is 11.8. The summed E-state index contributed by atoms with van der Waals surface area (Å²) in [5, 5.41) is 6.52. The smallest absolute Gasteiger partial charge is 0.276 e. The Morgan fingerprint density at radius 3 is 2.71 bits per heavy atom. The number of carbonyl (C=O) groups is 2. The second kappa shape index (κ2) is 3.55. The lowest BCUT2D eigenvalue weighted by Crippen LogP contribution is -2.40. The normalized spacial score (nSPS) is 14.4. The summed E-state index contributed by atoms with van der Waals surface area (Å²) in [6, 6.07) is 11.2. The number of aromatic nitrogens is 2. The van der Waals surface area contributed by atoms with E-state index in [9.17, 15) is 9.59 Å². The van der Waals surface area contributed by atoms with Crippen LogP contribution >= 0.6 is 0 Å². The van der Waals surface area contributed by atoms with E-state index in [4.69, 9.17) is 0 Å². The minimum absolute atomic E-state index is 0.0912. The van der Waals surface area contributed by atoms with E-state index in [0.29, 0.717) is 11.4 Å². The molecule has 3 rings (SSSR count). The summed E-state index contributed by atoms with van der Waals surface area (Å²) in [5.41, 5.74) is 2.04. The van der Waals surface area contributed by atoms with Gasteiger partial charge in [-0.2, -0.15) is 5.10 Å². The van der Waals surface area contributed by atoms with E-state index < -0.39 is 5.91 Å². The monoisotopic (exact) mass is 227 g/mol. The van der Waals surface area contributed by atoms with E-state index in [1.165, 1.54) is 4.68 Å². The summed E-state index contributed by atoms with van der Waals surface area (Å²) in [5.74, 6) is -0.721. The van der Waals surface area contributed by atoms with Crippen molar-refractivity contribution in [2.45, 2.75) is 6.54 Å². The van der Waals surface area contributed by atoms with Crippen molar-refractivity contribution in [3.05, 3.63) is 42.1 Å². The SMILES string of the molecule is O=C1Cn2nc(-c3ccccc3)cc2C(=O)N1. The highest BCUT2D eigenvalue weighted by Gasteiger charge is 2.24. The Balaban J connectivity index is 2.08. The molecule has 1 N–H and O–H groups in total. The molecule has 5 heteroatoms. The molecule has 1 aromatic carbocycles. The van der Waals surface area contributed by atoms with Gasteiger partial charge in [-0.25, -0.2) is 4.68 Å². The van der Waals surface area contributed by atoms with Gasteiger partial charge in [0.1, 0.15) is 12.2 Å². The number of nitrogens with one attached hydrogen (secondary N) is 1. The first-order valence-corrected chi connectivity index (χ1v) is 5.21. The maximum atomic E-state index is 11.5. The molecule has 2 aromatic rings. The molecule has 0 atom stereocenters. The van der Waals surface area contributed by atoms with Crippen LogP contribution in [0.15, 0.2) is 36.4 Å². The Hall–Kier alpha value is -2.43. The number of hydrogen-bond acceptors (Lipinski definition) is 3. The summed E-state index contributed by atoms with van der Waals surface area (Å²) in [6.07, 6.45) is 0. The first-order valence-electron chi connectivity index (χ1n) is 5.21. The van der Waals surface area contributed by atoms with E-state index in [-0.39, 0.29) is 12.5 Å². The lowest BCUT2D eigenvalue weighted by atomic mass is 10.1. The molecule has 1 aromatic heterocycles. The van der Waals surface area contributed by atoms with E-state index in [1.54, 1.807) is 6.07 Å². The van der Waals surface area contributed by atoms with Crippen molar-refractivity contribution in [2.24, 2.45) is 0 Å². The molecule has 0 fully saturated rings. The summed E-state index contributed by atoms with van der Waals surface area (Å²) >= 11 is 0. The third kappa shape index (κ3) is 1.61. The van der Waals surface area contributed by atoms with Crippen LogP contribution in [0.4, 0.5) is 0 Å². The predicted molar refractivity (Wildman–Crippen MR) is 60.1 cm³/mol. The molecule has 0 saturated heterocycles. The maximum absolute atomic E-state index is 11.5. The van der Waals surface area contributed by atoms with Gasteiger partial charge in [0.25, 0.3) is 5.91 Å². The summed E-state index contributed by atoms with van der Waals surface area (Å²) in [6.45, 7) is 0.0912. The second-order valence-corrected chi connectivity index (χ2v) is 3.82. The van der Waals surface area contributed by atoms with Gasteiger partial charge < -0.3 is 0 Å². The minimum atomic E-state index is -0.393. The zero-order valence-electron chi connectivity index (χ0n) is 8.88. The van der Waals surface area contributed by atoms with Gasteiger partial charge in [0.05, 0.1) is 5.69 Å². The van der Waals surface area contributed by atoms with Crippen molar-refractivity contribution in [1.29, 1.82) is 0 Å². The van der Waals surface area contributed by atoms with Crippen molar-refractivity contribution in [1.82, 2.24) is 15.1 Å². The van der Waals surface area contributed by atoms with E-state index in [2.05, 4.69) is 10.4 Å². The first-order chi connectivity index (χ1) is 8.24. The van der Waals surface area contributed by atoms with Crippen molar-refractivity contribution in [3.63, 3.8) is 0 Å². The molecular weight excluding hydrogens is 218 g/mol. The lowest BCUT2D eigenvalue weighted by molar-refractivity contribution is -0.121. The lowest BCUT2D eigenvalue weighted by Gasteiger charge is -2.11. The molecule has 0 aliphatic carbocycles. The maximum Gasteiger partial charge on any atom is 0.276 e. The summed E-state index contributed by atoms with van der Waals surface area (Å²) in [4.78, 5) is 22.7. The van der Waals surface area contributed by atoms with Crippen molar-refractivity contribution < 1.29 is 9.59 Å². The molecule has 5 nitrogen and oxygen atoms in total. The molecule has 1 aliphatic heterocycles. The minimum Gasteiger partial charge on any atom is -0.289 e. The largest absolute Gasteiger partial charge is 0.289 e. The molecule has 2 amide bonds. The van der Waals surface area contributed by atoms with Gasteiger partial charge in [0, 0.05) is 5.56 Å². The van der Waals surface area contributed by atoms with Gasteiger partial charge in [-0.3, -0.25) is 14.9 Å². The molecule has 0 spiro atoms. The predicted octanol–water partition coefficient (Wildman–Crippen LogP) is 0.820. The fourth-order valence-corrected chi connectivity index (χ4v) is 1.84. The van der Waals surface area contributed by atoms with Crippen LogP contribution in [0, 0.1) is 0 Å². The molecule has 0 bridgehead atoms. The van der Waals surface area contributed by atoms with Gasteiger partial charge in [-0.05, 0) is 6.07 Å². The van der Waals surface area contributed by atoms with Crippen LogP contribution in [0.1, 0.15) is 10.5 Å². The first kappa shape index (κ1) is 9.77. The number of fused-ring (bicyclic) bond motifs is 1. The molecule has 0 unspecified atom stereocenters. The zero-order valence-corrected chi connectivity index (χ0v) is 8.88. The Morgan fingerprint density at radius 2 is 1.94 bits per heavy atom. The van der Waals surface area contributed by atoms with Crippen molar-refractivity contribution in [3.8, 4) is 11.3 Å². The van der Waals surface area contributed by atoms with Gasteiger partial charge in [0.2, 0.25) is 5.91 Å². The second-order valence-electron chi connectivity index (χ2n) is 3.82. The number of nitrogens with zero attached hydrogens (tertiary/aromatic N) is 2. The van der Waals surface area contributed by atoms with Gasteiger partial charge in [0.15, 0.2) is 0 Å². The van der Waals surface area contributed by atoms with Crippen LogP contribution in [0.3, 0.4) is 0 Å². The Kier molecular flexibility index (Phi) is 2.04. The Morgan fingerprint density at radius 1 is 1.18 bits per heavy atom. The van der Waals surface area contributed by atoms with E-state index in [1.807, 2.05) is 30.3 Å². The third-order valence-electron chi connectivity index (χ3n) is 2.63. The molecule has 84 valence electrons. The van der Waals surface area contributed by atoms with Crippen LogP contribution in [0.2, 0.25) is 0 Å². The molecule has 2 heterocycles. The van der Waals surface area contributed by atoms with Crippen LogP contribution in [-0.2, 0) is 11.3 Å². The summed E-state index contributed by atoms with van der Waals surface area (Å²) < 4.78 is 1.43. The van der Waals surface area contributed by atoms with Crippen LogP contribution in [0.5, 0.6) is 0 Å². The number of hydrogen-bond donors (Lipinski definition) is 1. The Labute approximate surface area is 97.1 Å².